The van der Waals surface area contributed by atoms with E-state index >= 15 is 0 Å². The molecule has 4 N–H and O–H groups in total. The standard InChI is InChI=1S/C21H20FN7O2/c1-11(12-2-4-14(22)5-3-12)24-17-9-18(25-15-6-7-15)29-19(27-17)13(10-23-29)8-16-20(30)28-21(31)26-16/h2-5,8-11,15,24,30H,6-7H2,1H3,(H2,26,28,31)/b13-8-,25-18?. The Morgan fingerprint density at radius 3 is 2.77 bits per heavy atom. The normalized spacial score (nSPS) is 16.2. The van der Waals surface area contributed by atoms with E-state index in [9.17, 15) is 14.3 Å². The second kappa shape index (κ2) is 7.38. The minimum Gasteiger partial charge on any atom is -0.493 e. The van der Waals surface area contributed by atoms with Crippen molar-refractivity contribution >= 4 is 17.5 Å². The monoisotopic (exact) mass is 421 g/mol. The van der Waals surface area contributed by atoms with E-state index in [0.29, 0.717) is 22.2 Å². The number of nitrogens with zero attached hydrogens (tertiary/aromatic N) is 4. The van der Waals surface area contributed by atoms with Gasteiger partial charge >= 0.3 is 5.69 Å². The average Bonchev–Trinajstić information content (AvgIpc) is 3.37. The molecule has 3 aromatic heterocycles. The highest BCUT2D eigenvalue weighted by Crippen LogP contribution is 2.23. The van der Waals surface area contributed by atoms with Gasteiger partial charge in [-0.25, -0.2) is 14.2 Å². The number of nitrogens with one attached hydrogen (secondary N) is 3. The van der Waals surface area contributed by atoms with Gasteiger partial charge in [-0.3, -0.25) is 9.98 Å². The third kappa shape index (κ3) is 3.91. The van der Waals surface area contributed by atoms with Gasteiger partial charge in [0.25, 0.3) is 0 Å². The van der Waals surface area contributed by atoms with E-state index in [1.807, 2.05) is 13.0 Å². The number of aromatic amines is 2. The van der Waals surface area contributed by atoms with Crippen LogP contribution in [0.1, 0.15) is 37.1 Å². The molecule has 0 aliphatic heterocycles. The highest BCUT2D eigenvalue weighted by atomic mass is 19.1. The Morgan fingerprint density at radius 1 is 1.32 bits per heavy atom. The van der Waals surface area contributed by atoms with E-state index in [1.54, 1.807) is 28.9 Å². The van der Waals surface area contributed by atoms with Crippen molar-refractivity contribution in [3.63, 3.8) is 0 Å². The van der Waals surface area contributed by atoms with Gasteiger partial charge in [-0.2, -0.15) is 9.61 Å². The van der Waals surface area contributed by atoms with E-state index in [4.69, 9.17) is 4.99 Å². The molecule has 4 aromatic rings. The molecule has 1 aromatic carbocycles. The summed E-state index contributed by atoms with van der Waals surface area (Å²) in [5, 5.41) is 18.2. The minimum atomic E-state index is -0.506. The van der Waals surface area contributed by atoms with Crippen LogP contribution < -0.4 is 21.7 Å². The maximum absolute atomic E-state index is 13.2. The molecule has 1 fully saturated rings. The van der Waals surface area contributed by atoms with Gasteiger partial charge in [-0.1, -0.05) is 12.1 Å². The summed E-state index contributed by atoms with van der Waals surface area (Å²) in [6, 6.07) is 8.28. The Balaban J connectivity index is 1.61. The summed E-state index contributed by atoms with van der Waals surface area (Å²) >= 11 is 0. The third-order valence-electron chi connectivity index (χ3n) is 5.11. The number of fused-ring (bicyclic) bond motifs is 1. The Hall–Kier alpha value is -3.95. The SMILES string of the molecule is CC(Nc1cc(=NC2CC2)n2nc/c(=C/c3[nH]c(=O)[nH]c3O)c2n1)c1ccc(F)cc1. The molecular formula is C21H20FN7O2. The Morgan fingerprint density at radius 2 is 2.10 bits per heavy atom. The molecule has 3 heterocycles. The molecule has 31 heavy (non-hydrogen) atoms. The van der Waals surface area contributed by atoms with Crippen LogP contribution in [0.3, 0.4) is 0 Å². The van der Waals surface area contributed by atoms with Crippen LogP contribution in [0.15, 0.2) is 46.3 Å². The number of hydrogen-bond acceptors (Lipinski definition) is 6. The van der Waals surface area contributed by atoms with Crippen LogP contribution >= 0.6 is 0 Å². The molecule has 0 radical (unpaired) electrons. The molecule has 158 valence electrons. The maximum Gasteiger partial charge on any atom is 0.326 e. The van der Waals surface area contributed by atoms with Crippen LogP contribution in [-0.4, -0.2) is 35.7 Å². The zero-order valence-corrected chi connectivity index (χ0v) is 16.6. The van der Waals surface area contributed by atoms with Crippen molar-refractivity contribution in [1.29, 1.82) is 0 Å². The number of benzene rings is 1. The summed E-state index contributed by atoms with van der Waals surface area (Å²) in [4.78, 5) is 25.7. The van der Waals surface area contributed by atoms with Gasteiger partial charge in [0, 0.05) is 17.3 Å². The molecule has 0 bridgehead atoms. The van der Waals surface area contributed by atoms with Crippen molar-refractivity contribution in [2.24, 2.45) is 4.99 Å². The zero-order valence-electron chi connectivity index (χ0n) is 16.6. The second-order valence-corrected chi connectivity index (χ2v) is 7.60. The lowest BCUT2D eigenvalue weighted by Gasteiger charge is -2.15. The first kappa shape index (κ1) is 19.0. The third-order valence-corrected chi connectivity index (χ3v) is 5.11. The van der Waals surface area contributed by atoms with Crippen LogP contribution in [0.5, 0.6) is 5.88 Å². The summed E-state index contributed by atoms with van der Waals surface area (Å²) in [7, 11) is 0. The van der Waals surface area contributed by atoms with Crippen LogP contribution in [0, 0.1) is 5.82 Å². The molecule has 1 atom stereocenters. The zero-order chi connectivity index (χ0) is 21.5. The van der Waals surface area contributed by atoms with Crippen LogP contribution in [0.4, 0.5) is 10.2 Å². The molecule has 9 nitrogen and oxygen atoms in total. The highest BCUT2D eigenvalue weighted by molar-refractivity contribution is 5.58. The molecule has 1 saturated carbocycles. The predicted molar refractivity (Wildman–Crippen MR) is 112 cm³/mol. The number of rotatable bonds is 5. The van der Waals surface area contributed by atoms with E-state index in [-0.39, 0.29) is 29.5 Å². The quantitative estimate of drug-likeness (QED) is 0.388. The maximum atomic E-state index is 13.2. The van der Waals surface area contributed by atoms with Crippen molar-refractivity contribution in [3.05, 3.63) is 74.8 Å². The summed E-state index contributed by atoms with van der Waals surface area (Å²) in [5.41, 5.74) is 1.83. The summed E-state index contributed by atoms with van der Waals surface area (Å²) < 4.78 is 14.9. The van der Waals surface area contributed by atoms with Gasteiger partial charge in [0.05, 0.1) is 12.2 Å². The van der Waals surface area contributed by atoms with E-state index in [2.05, 4.69) is 25.4 Å². The van der Waals surface area contributed by atoms with Crippen molar-refractivity contribution in [3.8, 4) is 5.88 Å². The molecule has 0 amide bonds. The van der Waals surface area contributed by atoms with E-state index in [0.717, 1.165) is 18.4 Å². The van der Waals surface area contributed by atoms with Gasteiger partial charge in [0.15, 0.2) is 11.1 Å². The summed E-state index contributed by atoms with van der Waals surface area (Å²) in [6.07, 6.45) is 5.28. The molecule has 5 rings (SSSR count). The lowest BCUT2D eigenvalue weighted by molar-refractivity contribution is 0.454. The van der Waals surface area contributed by atoms with Gasteiger partial charge in [0.2, 0.25) is 5.88 Å². The number of hydrogen-bond donors (Lipinski definition) is 4. The Labute approximate surface area is 175 Å². The van der Waals surface area contributed by atoms with Crippen molar-refractivity contribution in [1.82, 2.24) is 24.6 Å². The second-order valence-electron chi connectivity index (χ2n) is 7.60. The Kier molecular flexibility index (Phi) is 4.54. The van der Waals surface area contributed by atoms with Gasteiger partial charge in [-0.15, -0.1) is 0 Å². The van der Waals surface area contributed by atoms with E-state index in [1.165, 1.54) is 12.1 Å². The fourth-order valence-electron chi connectivity index (χ4n) is 3.33. The molecular weight excluding hydrogens is 401 g/mol. The summed E-state index contributed by atoms with van der Waals surface area (Å²) in [5.74, 6) is 0.0450. The Bertz CT molecular complexity index is 1430. The molecule has 10 heteroatoms. The first-order valence-corrected chi connectivity index (χ1v) is 9.94. The van der Waals surface area contributed by atoms with Crippen LogP contribution in [0.25, 0.3) is 11.7 Å². The average molecular weight is 421 g/mol. The van der Waals surface area contributed by atoms with Crippen molar-refractivity contribution < 1.29 is 9.50 Å². The smallest absolute Gasteiger partial charge is 0.326 e. The lowest BCUT2D eigenvalue weighted by Crippen LogP contribution is -2.21. The van der Waals surface area contributed by atoms with Crippen LogP contribution in [-0.2, 0) is 0 Å². The number of H-pyrrole nitrogens is 2. The highest BCUT2D eigenvalue weighted by Gasteiger charge is 2.20. The molecule has 0 spiro atoms. The van der Waals surface area contributed by atoms with Crippen molar-refractivity contribution in [2.45, 2.75) is 31.8 Å². The first-order chi connectivity index (χ1) is 15.0. The number of aromatic hydroxyl groups is 1. The molecule has 1 aliphatic rings. The van der Waals surface area contributed by atoms with Crippen LogP contribution in [0.2, 0.25) is 0 Å². The fourth-order valence-corrected chi connectivity index (χ4v) is 3.33. The topological polar surface area (TPSA) is 123 Å². The van der Waals surface area contributed by atoms with Gasteiger partial charge < -0.3 is 15.4 Å². The van der Waals surface area contributed by atoms with Crippen molar-refractivity contribution in [2.75, 3.05) is 5.32 Å². The predicted octanol–water partition coefficient (Wildman–Crippen LogP) is 1.37. The number of halogens is 1. The molecule has 1 unspecified atom stereocenters. The lowest BCUT2D eigenvalue weighted by atomic mass is 10.1. The van der Waals surface area contributed by atoms with E-state index < -0.39 is 5.69 Å². The largest absolute Gasteiger partial charge is 0.493 e. The molecule has 0 saturated heterocycles. The van der Waals surface area contributed by atoms with Gasteiger partial charge in [-0.05, 0) is 43.5 Å². The fraction of sp³-hybridized carbons (Fsp3) is 0.238. The number of anilines is 1. The molecule has 1 aliphatic carbocycles. The first-order valence-electron chi connectivity index (χ1n) is 9.94. The minimum absolute atomic E-state index is 0.121. The number of aromatic nitrogens is 5. The summed E-state index contributed by atoms with van der Waals surface area (Å²) in [6.45, 7) is 1.96. The number of imidazole rings is 1. The van der Waals surface area contributed by atoms with Gasteiger partial charge in [0.1, 0.15) is 17.3 Å².